The summed E-state index contributed by atoms with van der Waals surface area (Å²) in [5.74, 6) is 0.824. The van der Waals surface area contributed by atoms with Gasteiger partial charge in [0.2, 0.25) is 0 Å². The van der Waals surface area contributed by atoms with Crippen molar-refractivity contribution in [3.05, 3.63) is 34.6 Å². The Kier molecular flexibility index (Phi) is 8.18. The van der Waals surface area contributed by atoms with Crippen molar-refractivity contribution in [1.29, 1.82) is 0 Å². The van der Waals surface area contributed by atoms with Crippen LogP contribution in [0.1, 0.15) is 30.7 Å². The summed E-state index contributed by atoms with van der Waals surface area (Å²) in [5, 5.41) is 13.5. The number of anilines is 1. The minimum atomic E-state index is -1.23. The molecule has 224 valence electrons. The van der Waals surface area contributed by atoms with Crippen LogP contribution in [0, 0.1) is 0 Å². The van der Waals surface area contributed by atoms with Gasteiger partial charge >= 0.3 is 6.09 Å². The summed E-state index contributed by atoms with van der Waals surface area (Å²) in [6.45, 7) is 8.54. The van der Waals surface area contributed by atoms with Crippen molar-refractivity contribution < 1.29 is 19.4 Å². The molecule has 0 spiro atoms. The molecule has 3 aromatic heterocycles. The molecule has 5 heterocycles. The van der Waals surface area contributed by atoms with Gasteiger partial charge in [0.05, 0.1) is 28.0 Å². The second-order valence-electron chi connectivity index (χ2n) is 12.5. The van der Waals surface area contributed by atoms with Gasteiger partial charge in [0.25, 0.3) is 0 Å². The third kappa shape index (κ3) is 5.87. The monoisotopic (exact) mass is 628 g/mol. The number of nitrogens with one attached hydrogen (secondary N) is 1. The van der Waals surface area contributed by atoms with Crippen molar-refractivity contribution >= 4 is 64.3 Å². The first kappa shape index (κ1) is 29.3. The fourth-order valence-electron chi connectivity index (χ4n) is 6.24. The van der Waals surface area contributed by atoms with Gasteiger partial charge in [0, 0.05) is 57.2 Å². The maximum Gasteiger partial charge on any atom is 0.404 e. The second kappa shape index (κ2) is 11.7. The van der Waals surface area contributed by atoms with Gasteiger partial charge in [-0.3, -0.25) is 0 Å². The molecule has 2 saturated heterocycles. The Bertz CT molecular complexity index is 1610. The number of piperidine rings is 1. The zero-order valence-electron chi connectivity index (χ0n) is 24.4. The molecule has 2 aliphatic heterocycles. The molecule has 1 amide bonds. The number of rotatable bonds is 10. The van der Waals surface area contributed by atoms with Gasteiger partial charge in [0.1, 0.15) is 23.1 Å². The maximum absolute atomic E-state index is 11.3. The predicted octanol–water partition coefficient (Wildman–Crippen LogP) is 6.59. The van der Waals surface area contributed by atoms with Crippen molar-refractivity contribution in [1.82, 2.24) is 24.8 Å². The molecule has 0 saturated carbocycles. The number of aromatic nitrogens is 4. The Balaban J connectivity index is 1.37. The molecule has 3 atom stereocenters. The fraction of sp³-hybridized carbons (Fsp3) is 0.517. The molecule has 4 aromatic rings. The van der Waals surface area contributed by atoms with Crippen LogP contribution in [0.15, 0.2) is 24.5 Å². The van der Waals surface area contributed by atoms with Crippen LogP contribution in [0.5, 0.6) is 0 Å². The zero-order chi connectivity index (χ0) is 29.6. The molecular weight excluding hydrogens is 592 g/mol. The summed E-state index contributed by atoms with van der Waals surface area (Å²) in [4.78, 5) is 28.4. The molecule has 2 N–H and O–H groups in total. The van der Waals surface area contributed by atoms with Crippen LogP contribution in [0.25, 0.3) is 32.5 Å². The van der Waals surface area contributed by atoms with E-state index in [0.717, 1.165) is 75.1 Å². The molecule has 0 radical (unpaired) electrons. The highest BCUT2D eigenvalue weighted by Gasteiger charge is 2.42. The summed E-state index contributed by atoms with van der Waals surface area (Å²) < 4.78 is 14.4. The molecule has 0 aliphatic carbocycles. The van der Waals surface area contributed by atoms with Crippen molar-refractivity contribution in [2.75, 3.05) is 18.6 Å². The molecule has 2 bridgehead atoms. The minimum Gasteiger partial charge on any atom is -0.465 e. The lowest BCUT2D eigenvalue weighted by atomic mass is 9.97. The number of hydrogen-bond donors (Lipinski definition) is 2. The third-order valence-electron chi connectivity index (χ3n) is 8.20. The normalized spacial score (nSPS) is 20.6. The smallest absolute Gasteiger partial charge is 0.404 e. The summed E-state index contributed by atoms with van der Waals surface area (Å²) in [6.07, 6.45) is 6.51. The van der Waals surface area contributed by atoms with E-state index < -0.39 is 14.2 Å². The van der Waals surface area contributed by atoms with Crippen molar-refractivity contribution in [3.8, 4) is 11.1 Å². The van der Waals surface area contributed by atoms with Gasteiger partial charge in [-0.05, 0) is 37.8 Å². The molecular formula is C29H37ClN6O4SSi. The van der Waals surface area contributed by atoms with Crippen molar-refractivity contribution in [2.45, 2.75) is 82.8 Å². The topological polar surface area (TPSA) is 115 Å². The number of benzene rings is 1. The maximum atomic E-state index is 11.3. The Hall–Kier alpha value is -2.77. The molecule has 2 aliphatic rings. The average Bonchev–Trinajstić information content (AvgIpc) is 3.58. The number of amides is 1. The summed E-state index contributed by atoms with van der Waals surface area (Å²) in [7, 11) is 0.428. The number of ether oxygens (including phenoxy) is 2. The van der Waals surface area contributed by atoms with Crippen LogP contribution < -0.4 is 10.2 Å². The first-order valence-corrected chi connectivity index (χ1v) is 19.3. The van der Waals surface area contributed by atoms with Crippen LogP contribution in [0.2, 0.25) is 30.7 Å². The van der Waals surface area contributed by atoms with Crippen LogP contribution in [0.3, 0.4) is 0 Å². The predicted molar refractivity (Wildman–Crippen MR) is 169 cm³/mol. The lowest BCUT2D eigenvalue weighted by molar-refractivity contribution is 0.0899. The SMILES string of the molecule is COCc1nc2ccc(-c3cn(COCC[Si](C)(C)C)c4nc(N5[C@@H]6CC[C@H]5CC(NC(=O)O)C6)cnc34)c(Cl)c2s1. The van der Waals surface area contributed by atoms with Crippen molar-refractivity contribution in [3.63, 3.8) is 0 Å². The first-order valence-electron chi connectivity index (χ1n) is 14.4. The molecule has 2 fully saturated rings. The first-order chi connectivity index (χ1) is 20.1. The van der Waals surface area contributed by atoms with E-state index in [0.29, 0.717) is 25.0 Å². The number of hydrogen-bond acceptors (Lipinski definition) is 8. The number of nitrogens with zero attached hydrogens (tertiary/aromatic N) is 5. The van der Waals surface area contributed by atoms with E-state index >= 15 is 0 Å². The number of carboxylic acid groups (broad SMARTS) is 1. The Morgan fingerprint density at radius 2 is 1.95 bits per heavy atom. The van der Waals surface area contributed by atoms with Gasteiger partial charge in [-0.15, -0.1) is 11.3 Å². The lowest BCUT2D eigenvalue weighted by Gasteiger charge is -2.39. The molecule has 1 aromatic carbocycles. The van der Waals surface area contributed by atoms with Crippen molar-refractivity contribution in [2.24, 2.45) is 0 Å². The highest BCUT2D eigenvalue weighted by Crippen LogP contribution is 2.42. The van der Waals surface area contributed by atoms with E-state index in [-0.39, 0.29) is 18.1 Å². The highest BCUT2D eigenvalue weighted by molar-refractivity contribution is 7.19. The third-order valence-corrected chi connectivity index (χ3v) is 11.5. The number of fused-ring (bicyclic) bond motifs is 4. The van der Waals surface area contributed by atoms with Gasteiger partial charge < -0.3 is 29.4 Å². The second-order valence-corrected chi connectivity index (χ2v) is 19.6. The molecule has 13 heteroatoms. The highest BCUT2D eigenvalue weighted by atomic mass is 35.5. The van der Waals surface area contributed by atoms with Crippen LogP contribution in [-0.2, 0) is 22.8 Å². The summed E-state index contributed by atoms with van der Waals surface area (Å²) >= 11 is 8.56. The van der Waals surface area contributed by atoms with Crippen LogP contribution in [-0.4, -0.2) is 70.6 Å². The molecule has 42 heavy (non-hydrogen) atoms. The van der Waals surface area contributed by atoms with E-state index in [1.54, 1.807) is 18.4 Å². The number of thiazole rings is 1. The van der Waals surface area contributed by atoms with E-state index in [4.69, 9.17) is 31.0 Å². The fourth-order valence-corrected chi connectivity index (χ4v) is 8.35. The zero-order valence-corrected chi connectivity index (χ0v) is 27.0. The molecule has 6 rings (SSSR count). The standard InChI is InChI=1S/C29H37ClN6O4SSi/c1-39-15-24-33-22-8-7-20(25(30)27(22)41-24)21-14-35(16-40-9-10-42(2,3)4)28-26(21)31-13-23(34-28)36-18-5-6-19(36)12-17(11-18)32-29(37)38/h7-8,13-14,17-19,32H,5-6,9-12,15-16H2,1-4H3,(H,37,38)/t17?,18-,19+. The average molecular weight is 629 g/mol. The van der Waals surface area contributed by atoms with E-state index in [1.807, 2.05) is 29.1 Å². The molecule has 1 unspecified atom stereocenters. The van der Waals surface area contributed by atoms with Crippen LogP contribution in [0.4, 0.5) is 10.6 Å². The number of methoxy groups -OCH3 is 1. The van der Waals surface area contributed by atoms with Gasteiger partial charge in [-0.25, -0.2) is 19.7 Å². The van der Waals surface area contributed by atoms with Crippen LogP contribution >= 0.6 is 22.9 Å². The summed E-state index contributed by atoms with van der Waals surface area (Å²) in [5.41, 5.74) is 4.15. The number of carbonyl (C=O) groups is 1. The number of halogens is 1. The van der Waals surface area contributed by atoms with E-state index in [1.165, 1.54) is 0 Å². The van der Waals surface area contributed by atoms with E-state index in [9.17, 15) is 9.90 Å². The Morgan fingerprint density at radius 1 is 1.19 bits per heavy atom. The van der Waals surface area contributed by atoms with E-state index in [2.05, 4.69) is 34.8 Å². The molecule has 10 nitrogen and oxygen atoms in total. The minimum absolute atomic E-state index is 0.0311. The largest absolute Gasteiger partial charge is 0.465 e. The Morgan fingerprint density at radius 3 is 2.64 bits per heavy atom. The van der Waals surface area contributed by atoms with Gasteiger partial charge in [-0.2, -0.15) is 0 Å². The lowest BCUT2D eigenvalue weighted by Crippen LogP contribution is -2.50. The van der Waals surface area contributed by atoms with Gasteiger partial charge in [-0.1, -0.05) is 37.3 Å². The van der Waals surface area contributed by atoms with Gasteiger partial charge in [0.15, 0.2) is 5.65 Å². The summed E-state index contributed by atoms with van der Waals surface area (Å²) in [6, 6.07) is 5.50. The quantitative estimate of drug-likeness (QED) is 0.149. The Labute approximate surface area is 255 Å².